The Hall–Kier alpha value is -7.94. The van der Waals surface area contributed by atoms with Crippen LogP contribution in [0.3, 0.4) is 0 Å². The van der Waals surface area contributed by atoms with E-state index in [-0.39, 0.29) is 0 Å². The summed E-state index contributed by atoms with van der Waals surface area (Å²) in [6.45, 7) is 0. The first-order chi connectivity index (χ1) is 29.8. The summed E-state index contributed by atoms with van der Waals surface area (Å²) >= 11 is 0. The largest absolute Gasteiger partial charge is 0.309 e. The zero-order valence-corrected chi connectivity index (χ0v) is 32.8. The van der Waals surface area contributed by atoms with E-state index >= 15 is 0 Å². The van der Waals surface area contributed by atoms with Gasteiger partial charge in [0, 0.05) is 27.5 Å². The Morgan fingerprint density at radius 3 is 1.53 bits per heavy atom. The fraction of sp³-hybridized carbons (Fsp3) is 0. The van der Waals surface area contributed by atoms with Crippen molar-refractivity contribution in [3.05, 3.63) is 231 Å². The van der Waals surface area contributed by atoms with E-state index in [0.717, 1.165) is 28.3 Å². The molecule has 1 aromatic heterocycles. The molecule has 60 heavy (non-hydrogen) atoms. The molecule has 0 saturated carbocycles. The second-order valence-corrected chi connectivity index (χ2v) is 15.6. The topological polar surface area (TPSA) is 8.17 Å². The van der Waals surface area contributed by atoms with Gasteiger partial charge in [0.05, 0.1) is 22.4 Å². The van der Waals surface area contributed by atoms with Crippen molar-refractivity contribution in [3.8, 4) is 27.9 Å². The average molecular weight is 763 g/mol. The van der Waals surface area contributed by atoms with Gasteiger partial charge in [-0.25, -0.2) is 0 Å². The summed E-state index contributed by atoms with van der Waals surface area (Å²) in [5.74, 6) is 0. The SMILES string of the molecule is c1ccc(-c2c(-c3ccccc3)c3cc(N(c4cc5ccccc5c5ccccc45)c4cccc5c4c4ccccc4n5-c4ccccc4)ccc3c3ccccc23)cc1. The van der Waals surface area contributed by atoms with E-state index in [1.54, 1.807) is 0 Å². The Morgan fingerprint density at radius 1 is 0.300 bits per heavy atom. The Labute approximate surface area is 348 Å². The minimum Gasteiger partial charge on any atom is -0.309 e. The number of anilines is 3. The highest BCUT2D eigenvalue weighted by atomic mass is 15.1. The molecule has 0 bridgehead atoms. The molecule has 11 aromatic carbocycles. The third-order valence-electron chi connectivity index (χ3n) is 12.3. The van der Waals surface area contributed by atoms with Crippen LogP contribution >= 0.6 is 0 Å². The van der Waals surface area contributed by atoms with E-state index in [0.29, 0.717) is 0 Å². The maximum atomic E-state index is 2.53. The van der Waals surface area contributed by atoms with E-state index in [1.807, 2.05) is 0 Å². The molecule has 0 atom stereocenters. The van der Waals surface area contributed by atoms with Crippen LogP contribution in [0.25, 0.3) is 92.8 Å². The van der Waals surface area contributed by atoms with Crippen molar-refractivity contribution in [1.82, 2.24) is 4.57 Å². The van der Waals surface area contributed by atoms with Gasteiger partial charge in [0.15, 0.2) is 0 Å². The summed E-state index contributed by atoms with van der Waals surface area (Å²) in [6.07, 6.45) is 0. The van der Waals surface area contributed by atoms with Crippen molar-refractivity contribution in [2.75, 3.05) is 4.90 Å². The molecule has 2 heteroatoms. The van der Waals surface area contributed by atoms with E-state index in [4.69, 9.17) is 0 Å². The quantitative estimate of drug-likeness (QED) is 0.153. The summed E-state index contributed by atoms with van der Waals surface area (Å²) in [5.41, 5.74) is 11.7. The smallest absolute Gasteiger partial charge is 0.0562 e. The second kappa shape index (κ2) is 13.9. The van der Waals surface area contributed by atoms with Crippen LogP contribution in [0, 0.1) is 0 Å². The molecule has 12 aromatic rings. The lowest BCUT2D eigenvalue weighted by Gasteiger charge is -2.29. The molecule has 0 N–H and O–H groups in total. The third-order valence-corrected chi connectivity index (χ3v) is 12.3. The van der Waals surface area contributed by atoms with Gasteiger partial charge in [-0.1, -0.05) is 182 Å². The normalized spacial score (nSPS) is 11.7. The third kappa shape index (κ3) is 5.28. The molecule has 0 radical (unpaired) electrons. The first kappa shape index (κ1) is 34.1. The van der Waals surface area contributed by atoms with Crippen LogP contribution in [0.5, 0.6) is 0 Å². The van der Waals surface area contributed by atoms with Gasteiger partial charge < -0.3 is 9.47 Å². The molecular weight excluding hydrogens is 725 g/mol. The summed E-state index contributed by atoms with van der Waals surface area (Å²) in [5, 5.41) is 12.3. The van der Waals surface area contributed by atoms with Crippen LogP contribution in [0.2, 0.25) is 0 Å². The summed E-state index contributed by atoms with van der Waals surface area (Å²) in [4.78, 5) is 2.53. The molecule has 0 unspecified atom stereocenters. The highest BCUT2D eigenvalue weighted by Gasteiger charge is 2.25. The van der Waals surface area contributed by atoms with E-state index in [2.05, 4.69) is 240 Å². The number of nitrogens with zero attached hydrogens (tertiary/aromatic N) is 2. The van der Waals surface area contributed by atoms with Gasteiger partial charge in [0.25, 0.3) is 0 Å². The van der Waals surface area contributed by atoms with E-state index in [1.165, 1.54) is 81.6 Å². The number of fused-ring (bicyclic) bond motifs is 9. The lowest BCUT2D eigenvalue weighted by molar-refractivity contribution is 1.18. The highest BCUT2D eigenvalue weighted by Crippen LogP contribution is 2.50. The maximum Gasteiger partial charge on any atom is 0.0562 e. The van der Waals surface area contributed by atoms with Crippen LogP contribution in [0.15, 0.2) is 231 Å². The van der Waals surface area contributed by atoms with Crippen molar-refractivity contribution in [3.63, 3.8) is 0 Å². The lowest BCUT2D eigenvalue weighted by Crippen LogP contribution is -2.11. The standard InChI is InChI=1S/C58H38N2/c1-4-19-39(20-5-1)56-49-30-15-13-28-46(49)47-36-35-43(38-51(47)57(56)40-21-6-2-7-22-40)60(55-37-41-23-10-11-26-44(41)45-27-12-14-29-48(45)55)54-34-18-33-53-58(54)50-31-16-17-32-52(50)59(53)42-24-8-3-9-25-42/h1-38H. The molecule has 0 aliphatic carbocycles. The monoisotopic (exact) mass is 762 g/mol. The van der Waals surface area contributed by atoms with Gasteiger partial charge in [0.2, 0.25) is 0 Å². The van der Waals surface area contributed by atoms with Crippen LogP contribution in [-0.4, -0.2) is 4.57 Å². The molecule has 0 aliphatic heterocycles. The molecule has 0 saturated heterocycles. The zero-order valence-electron chi connectivity index (χ0n) is 32.8. The van der Waals surface area contributed by atoms with Crippen molar-refractivity contribution in [2.24, 2.45) is 0 Å². The number of para-hydroxylation sites is 2. The van der Waals surface area contributed by atoms with Crippen LogP contribution in [-0.2, 0) is 0 Å². The highest BCUT2D eigenvalue weighted by molar-refractivity contribution is 6.24. The Kier molecular flexibility index (Phi) is 7.89. The summed E-state index contributed by atoms with van der Waals surface area (Å²) < 4.78 is 2.41. The fourth-order valence-corrected chi connectivity index (χ4v) is 9.80. The molecular formula is C58H38N2. The first-order valence-electron chi connectivity index (χ1n) is 20.7. The number of benzene rings is 11. The van der Waals surface area contributed by atoms with Crippen LogP contribution < -0.4 is 4.90 Å². The number of hydrogen-bond acceptors (Lipinski definition) is 1. The van der Waals surface area contributed by atoms with Crippen molar-refractivity contribution in [2.45, 2.75) is 0 Å². The minimum absolute atomic E-state index is 1.10. The maximum absolute atomic E-state index is 2.53. The molecule has 12 rings (SSSR count). The van der Waals surface area contributed by atoms with Gasteiger partial charge in [-0.2, -0.15) is 0 Å². The average Bonchev–Trinajstić information content (AvgIpc) is 3.67. The number of aromatic nitrogens is 1. The van der Waals surface area contributed by atoms with Crippen LogP contribution in [0.1, 0.15) is 0 Å². The number of rotatable bonds is 6. The molecule has 0 spiro atoms. The second-order valence-electron chi connectivity index (χ2n) is 15.6. The van der Waals surface area contributed by atoms with Gasteiger partial charge >= 0.3 is 0 Å². The zero-order chi connectivity index (χ0) is 39.6. The Balaban J connectivity index is 1.25. The molecule has 1 heterocycles. The van der Waals surface area contributed by atoms with E-state index in [9.17, 15) is 0 Å². The predicted octanol–water partition coefficient (Wildman–Crippen LogP) is 16.2. The fourth-order valence-electron chi connectivity index (χ4n) is 9.80. The van der Waals surface area contributed by atoms with E-state index < -0.39 is 0 Å². The van der Waals surface area contributed by atoms with Gasteiger partial charge in [-0.15, -0.1) is 0 Å². The van der Waals surface area contributed by atoms with Crippen molar-refractivity contribution < 1.29 is 0 Å². The van der Waals surface area contributed by atoms with Gasteiger partial charge in [-0.05, 0) is 108 Å². The van der Waals surface area contributed by atoms with Gasteiger partial charge in [-0.3, -0.25) is 0 Å². The molecule has 0 amide bonds. The summed E-state index contributed by atoms with van der Waals surface area (Å²) in [6, 6.07) is 84.4. The van der Waals surface area contributed by atoms with Crippen molar-refractivity contribution >= 4 is 82.0 Å². The summed E-state index contributed by atoms with van der Waals surface area (Å²) in [7, 11) is 0. The first-order valence-corrected chi connectivity index (χ1v) is 20.7. The predicted molar refractivity (Wildman–Crippen MR) is 256 cm³/mol. The van der Waals surface area contributed by atoms with Crippen molar-refractivity contribution in [1.29, 1.82) is 0 Å². The lowest BCUT2D eigenvalue weighted by atomic mass is 9.85. The molecule has 280 valence electrons. The molecule has 2 nitrogen and oxygen atoms in total. The molecule has 0 aliphatic rings. The number of hydrogen-bond donors (Lipinski definition) is 0. The van der Waals surface area contributed by atoms with Crippen LogP contribution in [0.4, 0.5) is 17.1 Å². The minimum atomic E-state index is 1.10. The molecule has 0 fully saturated rings. The Bertz CT molecular complexity index is 3590. The van der Waals surface area contributed by atoms with Gasteiger partial charge in [0.1, 0.15) is 0 Å². The Morgan fingerprint density at radius 2 is 0.817 bits per heavy atom.